The van der Waals surface area contributed by atoms with E-state index in [9.17, 15) is 9.59 Å². The predicted octanol–water partition coefficient (Wildman–Crippen LogP) is 4.23. The van der Waals surface area contributed by atoms with Gasteiger partial charge in [-0.3, -0.25) is 15.0 Å². The maximum atomic E-state index is 13.1. The van der Waals surface area contributed by atoms with E-state index in [2.05, 4.69) is 10.4 Å². The van der Waals surface area contributed by atoms with E-state index in [1.165, 1.54) is 23.7 Å². The summed E-state index contributed by atoms with van der Waals surface area (Å²) in [4.78, 5) is 31.5. The van der Waals surface area contributed by atoms with Crippen LogP contribution in [-0.2, 0) is 4.79 Å². The van der Waals surface area contributed by atoms with Gasteiger partial charge in [-0.1, -0.05) is 48.5 Å². The molecule has 7 heteroatoms. The first kappa shape index (κ1) is 19.6. The van der Waals surface area contributed by atoms with E-state index in [-0.39, 0.29) is 5.56 Å². The average molecular weight is 417 g/mol. The zero-order valence-corrected chi connectivity index (χ0v) is 17.3. The number of thiophene rings is 1. The van der Waals surface area contributed by atoms with Crippen LogP contribution in [0, 0.1) is 6.92 Å². The molecule has 0 fully saturated rings. The molecule has 0 aliphatic carbocycles. The lowest BCUT2D eigenvalue weighted by atomic mass is 10.0. The number of aryl methyl sites for hydroxylation is 1. The van der Waals surface area contributed by atoms with Crippen molar-refractivity contribution in [2.45, 2.75) is 6.92 Å². The number of fused-ring (bicyclic) bond motifs is 1. The number of methoxy groups -OCH3 is 1. The van der Waals surface area contributed by atoms with Crippen molar-refractivity contribution in [1.82, 2.24) is 9.66 Å². The normalized spacial score (nSPS) is 11.1. The Hall–Kier alpha value is -3.71. The summed E-state index contributed by atoms with van der Waals surface area (Å²) < 4.78 is 6.39. The van der Waals surface area contributed by atoms with Gasteiger partial charge < -0.3 is 4.74 Å². The summed E-state index contributed by atoms with van der Waals surface area (Å²) in [5, 5.41) is 0.500. The van der Waals surface area contributed by atoms with Crippen molar-refractivity contribution in [2.75, 3.05) is 12.5 Å². The minimum Gasteiger partial charge on any atom is -0.496 e. The second-order valence-electron chi connectivity index (χ2n) is 6.55. The number of carbonyl (C=O) groups excluding carboxylic acids is 1. The number of hydrogen-bond acceptors (Lipinski definition) is 5. The number of rotatable bonds is 5. The van der Waals surface area contributed by atoms with Crippen LogP contribution in [0.1, 0.15) is 10.4 Å². The molecule has 2 aromatic carbocycles. The Bertz CT molecular complexity index is 1310. The second kappa shape index (κ2) is 8.34. The number of ether oxygens (including phenoxy) is 1. The predicted molar refractivity (Wildman–Crippen MR) is 120 cm³/mol. The van der Waals surface area contributed by atoms with Crippen molar-refractivity contribution in [3.05, 3.63) is 87.8 Å². The highest BCUT2D eigenvalue weighted by Crippen LogP contribution is 2.35. The highest BCUT2D eigenvalue weighted by atomic mass is 32.1. The molecular formula is C23H19N3O3S. The quantitative estimate of drug-likeness (QED) is 0.493. The number of aromatic nitrogens is 2. The Balaban J connectivity index is 1.67. The summed E-state index contributed by atoms with van der Waals surface area (Å²) >= 11 is 1.46. The first-order valence-electron chi connectivity index (χ1n) is 9.26. The standard InChI is InChI=1S/C23H19N3O3S/c1-15-20(17-9-4-3-5-10-17)21-22(30-15)24-14-26(23(21)28)25-19(27)13-12-16-8-6-7-11-18(16)29-2/h3-14H,1-2H3,(H,25,27)/b13-12+. The summed E-state index contributed by atoms with van der Waals surface area (Å²) in [6.07, 6.45) is 4.32. The first-order chi connectivity index (χ1) is 14.6. The van der Waals surface area contributed by atoms with Crippen LogP contribution >= 0.6 is 11.3 Å². The lowest BCUT2D eigenvalue weighted by Crippen LogP contribution is -2.32. The van der Waals surface area contributed by atoms with Crippen molar-refractivity contribution in [1.29, 1.82) is 0 Å². The second-order valence-corrected chi connectivity index (χ2v) is 7.75. The van der Waals surface area contributed by atoms with Gasteiger partial charge >= 0.3 is 0 Å². The fourth-order valence-corrected chi connectivity index (χ4v) is 4.26. The average Bonchev–Trinajstić information content (AvgIpc) is 3.11. The molecule has 2 aromatic heterocycles. The third-order valence-electron chi connectivity index (χ3n) is 4.64. The van der Waals surface area contributed by atoms with Crippen molar-refractivity contribution in [3.8, 4) is 16.9 Å². The van der Waals surface area contributed by atoms with Gasteiger partial charge in [-0.25, -0.2) is 9.66 Å². The molecule has 1 N–H and O–H groups in total. The Morgan fingerprint density at radius 2 is 1.87 bits per heavy atom. The number of amides is 1. The molecule has 0 unspecified atom stereocenters. The minimum absolute atomic E-state index is 0.317. The number of hydrogen-bond donors (Lipinski definition) is 1. The van der Waals surface area contributed by atoms with Gasteiger partial charge in [0.25, 0.3) is 11.5 Å². The SMILES string of the molecule is COc1ccccc1/C=C/C(=O)Nn1cnc2sc(C)c(-c3ccccc3)c2c1=O. The van der Waals surface area contributed by atoms with E-state index in [4.69, 9.17) is 4.74 Å². The van der Waals surface area contributed by atoms with Gasteiger partial charge in [-0.2, -0.15) is 0 Å². The smallest absolute Gasteiger partial charge is 0.281 e. The molecule has 0 aliphatic rings. The maximum Gasteiger partial charge on any atom is 0.281 e. The summed E-state index contributed by atoms with van der Waals surface area (Å²) in [6.45, 7) is 1.97. The molecule has 150 valence electrons. The zero-order chi connectivity index (χ0) is 21.1. The van der Waals surface area contributed by atoms with E-state index in [0.717, 1.165) is 26.2 Å². The molecule has 0 bridgehead atoms. The van der Waals surface area contributed by atoms with Gasteiger partial charge in [0, 0.05) is 22.1 Å². The van der Waals surface area contributed by atoms with Gasteiger partial charge in [-0.05, 0) is 24.6 Å². The molecule has 0 aliphatic heterocycles. The molecule has 1 amide bonds. The van der Waals surface area contributed by atoms with E-state index in [1.807, 2.05) is 61.5 Å². The number of para-hydroxylation sites is 1. The molecule has 0 saturated carbocycles. The Morgan fingerprint density at radius 1 is 1.13 bits per heavy atom. The summed E-state index contributed by atoms with van der Waals surface area (Å²) in [5.74, 6) is 0.209. The number of carbonyl (C=O) groups is 1. The third-order valence-corrected chi connectivity index (χ3v) is 5.65. The molecule has 0 saturated heterocycles. The van der Waals surface area contributed by atoms with E-state index in [1.54, 1.807) is 13.2 Å². The van der Waals surface area contributed by atoms with Gasteiger partial charge in [0.2, 0.25) is 0 Å². The van der Waals surface area contributed by atoms with Gasteiger partial charge in [-0.15, -0.1) is 11.3 Å². The largest absolute Gasteiger partial charge is 0.496 e. The highest BCUT2D eigenvalue weighted by Gasteiger charge is 2.17. The van der Waals surface area contributed by atoms with Crippen LogP contribution in [0.25, 0.3) is 27.4 Å². The molecule has 4 aromatic rings. The molecule has 0 radical (unpaired) electrons. The number of nitrogens with one attached hydrogen (secondary N) is 1. The third kappa shape index (κ3) is 3.75. The summed E-state index contributed by atoms with van der Waals surface area (Å²) in [7, 11) is 1.57. The summed E-state index contributed by atoms with van der Waals surface area (Å²) in [6, 6.07) is 17.1. The Kier molecular flexibility index (Phi) is 5.45. The van der Waals surface area contributed by atoms with E-state index >= 15 is 0 Å². The van der Waals surface area contributed by atoms with Crippen molar-refractivity contribution in [2.24, 2.45) is 0 Å². The number of benzene rings is 2. The van der Waals surface area contributed by atoms with Crippen molar-refractivity contribution in [3.63, 3.8) is 0 Å². The molecule has 0 spiro atoms. The van der Waals surface area contributed by atoms with Crippen LogP contribution < -0.4 is 15.7 Å². The van der Waals surface area contributed by atoms with Crippen LogP contribution in [0.5, 0.6) is 5.75 Å². The van der Waals surface area contributed by atoms with Crippen molar-refractivity contribution < 1.29 is 9.53 Å². The minimum atomic E-state index is -0.447. The fraction of sp³-hybridized carbons (Fsp3) is 0.0870. The molecule has 0 atom stereocenters. The molecule has 4 rings (SSSR count). The summed E-state index contributed by atoms with van der Waals surface area (Å²) in [5.41, 5.74) is 4.81. The van der Waals surface area contributed by atoms with Crippen LogP contribution in [0.3, 0.4) is 0 Å². The van der Waals surface area contributed by atoms with Gasteiger partial charge in [0.15, 0.2) is 0 Å². The zero-order valence-electron chi connectivity index (χ0n) is 16.5. The van der Waals surface area contributed by atoms with Crippen LogP contribution in [0.4, 0.5) is 0 Å². The highest BCUT2D eigenvalue weighted by molar-refractivity contribution is 7.19. The molecular weight excluding hydrogens is 398 g/mol. The first-order valence-corrected chi connectivity index (χ1v) is 10.1. The Labute approximate surface area is 177 Å². The van der Waals surface area contributed by atoms with E-state index in [0.29, 0.717) is 16.0 Å². The lowest BCUT2D eigenvalue weighted by molar-refractivity contribution is -0.112. The van der Waals surface area contributed by atoms with Crippen LogP contribution in [0.15, 0.2) is 71.8 Å². The van der Waals surface area contributed by atoms with E-state index < -0.39 is 5.91 Å². The van der Waals surface area contributed by atoms with Gasteiger partial charge in [0.05, 0.1) is 12.5 Å². The van der Waals surface area contributed by atoms with Gasteiger partial charge in [0.1, 0.15) is 16.9 Å². The lowest BCUT2D eigenvalue weighted by Gasteiger charge is -2.07. The van der Waals surface area contributed by atoms with Crippen LogP contribution in [0.2, 0.25) is 0 Å². The molecule has 2 heterocycles. The Morgan fingerprint density at radius 3 is 2.63 bits per heavy atom. The molecule has 6 nitrogen and oxygen atoms in total. The fourth-order valence-electron chi connectivity index (χ4n) is 3.26. The maximum absolute atomic E-state index is 13.1. The monoisotopic (exact) mass is 417 g/mol. The molecule has 30 heavy (non-hydrogen) atoms. The number of nitrogens with zero attached hydrogens (tertiary/aromatic N) is 2. The van der Waals surface area contributed by atoms with Crippen LogP contribution in [-0.4, -0.2) is 22.7 Å². The topological polar surface area (TPSA) is 73.2 Å². The van der Waals surface area contributed by atoms with Crippen molar-refractivity contribution >= 4 is 33.5 Å².